The normalized spacial score (nSPS) is 9.50. The summed E-state index contributed by atoms with van der Waals surface area (Å²) in [6, 6.07) is 0. The van der Waals surface area contributed by atoms with Crippen molar-refractivity contribution in [1.82, 2.24) is 0 Å². The second-order valence-corrected chi connectivity index (χ2v) is 4.68. The van der Waals surface area contributed by atoms with Gasteiger partial charge in [-0.05, 0) is 20.8 Å². The van der Waals surface area contributed by atoms with Crippen molar-refractivity contribution in [3.63, 3.8) is 0 Å². The van der Waals surface area contributed by atoms with Gasteiger partial charge in [-0.2, -0.15) is 8.42 Å². The standard InChI is InChI=1S/C4H7NO.C3H8O3S.Na.H/c1-3(2)4(5)6;1-3(2)7(4,5)6;;/h1H2,2H3,(H2,5,6);3H,1-2H3,(H,4,5,6);;. The third kappa shape index (κ3) is 14.6. The fraction of sp³-hybridized carbons (Fsp3) is 0.571. The fourth-order valence-electron chi connectivity index (χ4n) is 0. The van der Waals surface area contributed by atoms with Crippen LogP contribution in [0.3, 0.4) is 0 Å². The summed E-state index contributed by atoms with van der Waals surface area (Å²) in [5.41, 5.74) is 5.09. The Morgan fingerprint density at radius 1 is 1.43 bits per heavy atom. The van der Waals surface area contributed by atoms with Gasteiger partial charge in [-0.15, -0.1) is 0 Å². The van der Waals surface area contributed by atoms with E-state index >= 15 is 0 Å². The Morgan fingerprint density at radius 3 is 1.57 bits per heavy atom. The van der Waals surface area contributed by atoms with E-state index in [9.17, 15) is 13.2 Å². The van der Waals surface area contributed by atoms with Gasteiger partial charge in [0.25, 0.3) is 10.1 Å². The molecule has 5 nitrogen and oxygen atoms in total. The summed E-state index contributed by atoms with van der Waals surface area (Å²) >= 11 is 0. The van der Waals surface area contributed by atoms with Gasteiger partial charge in [0, 0.05) is 5.57 Å². The molecule has 0 aliphatic rings. The van der Waals surface area contributed by atoms with Crippen LogP contribution in [0.2, 0.25) is 0 Å². The van der Waals surface area contributed by atoms with Crippen molar-refractivity contribution >= 4 is 45.6 Å². The first-order chi connectivity index (χ1) is 5.59. The third-order valence-electron chi connectivity index (χ3n) is 1.02. The topological polar surface area (TPSA) is 97.5 Å². The molecule has 7 heteroatoms. The summed E-state index contributed by atoms with van der Waals surface area (Å²) in [5, 5.41) is -0.674. The number of hydrogen-bond donors (Lipinski definition) is 2. The summed E-state index contributed by atoms with van der Waals surface area (Å²) in [7, 11) is -3.74. The number of rotatable bonds is 2. The van der Waals surface area contributed by atoms with Crippen molar-refractivity contribution in [1.29, 1.82) is 0 Å². The predicted octanol–water partition coefficient (Wildman–Crippen LogP) is -0.318. The maximum atomic E-state index is 9.89. The fourth-order valence-corrected chi connectivity index (χ4v) is 0. The molecule has 0 spiro atoms. The van der Waals surface area contributed by atoms with Crippen LogP contribution in [-0.4, -0.2) is 53.7 Å². The van der Waals surface area contributed by atoms with Gasteiger partial charge in [-0.1, -0.05) is 6.58 Å². The molecule has 0 rings (SSSR count). The molecule has 0 aliphatic heterocycles. The van der Waals surface area contributed by atoms with E-state index in [-0.39, 0.29) is 29.6 Å². The number of nitrogens with two attached hydrogens (primary N) is 1. The molecule has 0 unspecified atom stereocenters. The number of carbonyl (C=O) groups excluding carboxylic acids is 1. The zero-order valence-electron chi connectivity index (χ0n) is 7.94. The van der Waals surface area contributed by atoms with Crippen LogP contribution in [0.4, 0.5) is 0 Å². The van der Waals surface area contributed by atoms with E-state index in [0.29, 0.717) is 5.57 Å². The Balaban J connectivity index is -0.000000163. The molecule has 0 saturated heterocycles. The number of carbonyl (C=O) groups is 1. The number of amides is 1. The molecule has 0 aliphatic carbocycles. The molecule has 3 N–H and O–H groups in total. The molecular weight excluding hydrogens is 217 g/mol. The van der Waals surface area contributed by atoms with E-state index < -0.39 is 21.3 Å². The third-order valence-corrected chi connectivity index (χ3v) is 2.21. The van der Waals surface area contributed by atoms with Crippen LogP contribution in [0.25, 0.3) is 0 Å². The molecule has 80 valence electrons. The number of hydrogen-bond acceptors (Lipinski definition) is 3. The van der Waals surface area contributed by atoms with Crippen LogP contribution in [0, 0.1) is 0 Å². The summed E-state index contributed by atoms with van der Waals surface area (Å²) in [4.78, 5) is 9.82. The van der Waals surface area contributed by atoms with Crippen molar-refractivity contribution in [3.05, 3.63) is 12.2 Å². The van der Waals surface area contributed by atoms with Gasteiger partial charge >= 0.3 is 29.6 Å². The van der Waals surface area contributed by atoms with Crippen LogP contribution in [0.5, 0.6) is 0 Å². The zero-order valence-corrected chi connectivity index (χ0v) is 8.76. The van der Waals surface area contributed by atoms with Crippen LogP contribution in [0.15, 0.2) is 12.2 Å². The van der Waals surface area contributed by atoms with E-state index in [0.717, 1.165) is 0 Å². The van der Waals surface area contributed by atoms with E-state index in [1.807, 2.05) is 0 Å². The Bertz CT molecular complexity index is 272. The average Bonchev–Trinajstić information content (AvgIpc) is 1.86. The minimum absolute atomic E-state index is 0. The van der Waals surface area contributed by atoms with Gasteiger partial charge in [-0.25, -0.2) is 0 Å². The maximum absolute atomic E-state index is 9.89. The van der Waals surface area contributed by atoms with Gasteiger partial charge in [0.2, 0.25) is 5.91 Å². The van der Waals surface area contributed by atoms with Crippen molar-refractivity contribution in [2.45, 2.75) is 26.0 Å². The Hall–Kier alpha value is 0.120. The average molecular weight is 233 g/mol. The van der Waals surface area contributed by atoms with Crippen LogP contribution in [0.1, 0.15) is 20.8 Å². The Labute approximate surface area is 107 Å². The first-order valence-corrected chi connectivity index (χ1v) is 5.01. The molecule has 0 heterocycles. The second kappa shape index (κ2) is 8.43. The molecule has 0 saturated carbocycles. The van der Waals surface area contributed by atoms with Crippen LogP contribution in [-0.2, 0) is 14.9 Å². The van der Waals surface area contributed by atoms with E-state index in [1.165, 1.54) is 13.8 Å². The van der Waals surface area contributed by atoms with Crippen molar-refractivity contribution in [3.8, 4) is 0 Å². The molecule has 0 fully saturated rings. The molecule has 0 atom stereocenters. The monoisotopic (exact) mass is 233 g/mol. The van der Waals surface area contributed by atoms with Crippen molar-refractivity contribution < 1.29 is 17.8 Å². The van der Waals surface area contributed by atoms with E-state index in [2.05, 4.69) is 6.58 Å². The SMILES string of the molecule is C=C(C)C(N)=O.CC(C)S(=O)(=O)O.[NaH]. The van der Waals surface area contributed by atoms with Gasteiger partial charge in [0.1, 0.15) is 0 Å². The van der Waals surface area contributed by atoms with Gasteiger partial charge in [-0.3, -0.25) is 9.35 Å². The summed E-state index contributed by atoms with van der Waals surface area (Å²) in [6.07, 6.45) is 0. The summed E-state index contributed by atoms with van der Waals surface area (Å²) in [6.45, 7) is 7.68. The molecule has 0 bridgehead atoms. The first kappa shape index (κ1) is 19.7. The van der Waals surface area contributed by atoms with Crippen LogP contribution < -0.4 is 5.73 Å². The van der Waals surface area contributed by atoms with Gasteiger partial charge in [0.05, 0.1) is 5.25 Å². The summed E-state index contributed by atoms with van der Waals surface area (Å²) < 4.78 is 27.8. The zero-order chi connectivity index (χ0) is 11.2. The molecule has 0 radical (unpaired) electrons. The second-order valence-electron chi connectivity index (χ2n) is 2.71. The predicted molar refractivity (Wildman–Crippen MR) is 57.8 cm³/mol. The Morgan fingerprint density at radius 2 is 1.57 bits per heavy atom. The molecule has 0 aromatic rings. The quantitative estimate of drug-likeness (QED) is 0.388. The molecule has 0 aromatic carbocycles. The molecule has 1 amide bonds. The molecular formula is C7H16NNaO4S. The molecule has 0 aromatic heterocycles. The van der Waals surface area contributed by atoms with Crippen molar-refractivity contribution in [2.75, 3.05) is 0 Å². The minimum atomic E-state index is -3.74. The van der Waals surface area contributed by atoms with Crippen molar-refractivity contribution in [2.24, 2.45) is 5.73 Å². The Kier molecular flexibility index (Phi) is 11.8. The van der Waals surface area contributed by atoms with Gasteiger partial charge in [0.15, 0.2) is 0 Å². The van der Waals surface area contributed by atoms with Crippen LogP contribution >= 0.6 is 0 Å². The number of primary amides is 1. The molecule has 14 heavy (non-hydrogen) atoms. The van der Waals surface area contributed by atoms with E-state index in [1.54, 1.807) is 6.92 Å². The van der Waals surface area contributed by atoms with E-state index in [4.69, 9.17) is 10.3 Å². The summed E-state index contributed by atoms with van der Waals surface area (Å²) in [5.74, 6) is -0.435. The first-order valence-electron chi connectivity index (χ1n) is 3.50. The van der Waals surface area contributed by atoms with Gasteiger partial charge < -0.3 is 5.73 Å².